The van der Waals surface area contributed by atoms with Crippen LogP contribution in [-0.4, -0.2) is 42.9 Å². The lowest BCUT2D eigenvalue weighted by molar-refractivity contribution is -0.121. The number of carbonyl (C=O) groups is 1. The second-order valence-electron chi connectivity index (χ2n) is 7.93. The van der Waals surface area contributed by atoms with E-state index in [1.807, 2.05) is 11.5 Å². The van der Waals surface area contributed by atoms with E-state index < -0.39 is 22.0 Å². The zero-order valence-corrected chi connectivity index (χ0v) is 20.3. The maximum atomic E-state index is 13.2. The van der Waals surface area contributed by atoms with Crippen LogP contribution in [-0.2, 0) is 21.4 Å². The number of thiazole rings is 1. The quantitative estimate of drug-likeness (QED) is 0.567. The van der Waals surface area contributed by atoms with Crippen LogP contribution in [0.25, 0.3) is 10.2 Å². The summed E-state index contributed by atoms with van der Waals surface area (Å²) in [6.07, 6.45) is 1.09. The van der Waals surface area contributed by atoms with Crippen molar-refractivity contribution in [1.29, 1.82) is 0 Å². The molecule has 9 heteroatoms. The van der Waals surface area contributed by atoms with Crippen LogP contribution < -0.4 is 9.54 Å². The molecule has 1 fully saturated rings. The van der Waals surface area contributed by atoms with Crippen LogP contribution in [0.1, 0.15) is 30.9 Å². The summed E-state index contributed by atoms with van der Waals surface area (Å²) in [7, 11) is -2.28. The van der Waals surface area contributed by atoms with Gasteiger partial charge in [-0.25, -0.2) is 8.42 Å². The first-order chi connectivity index (χ1) is 15.3. The highest BCUT2D eigenvalue weighted by molar-refractivity contribution is 7.89. The Morgan fingerprint density at radius 1 is 1.19 bits per heavy atom. The molecule has 0 saturated carbocycles. The Hall–Kier alpha value is -2.49. The molecule has 0 spiro atoms. The highest BCUT2D eigenvalue weighted by Gasteiger charge is 2.39. The molecule has 0 aliphatic carbocycles. The van der Waals surface area contributed by atoms with Gasteiger partial charge in [-0.15, -0.1) is 0 Å². The highest BCUT2D eigenvalue weighted by atomic mass is 32.2. The molecule has 170 valence electrons. The van der Waals surface area contributed by atoms with Crippen LogP contribution in [0.3, 0.4) is 0 Å². The van der Waals surface area contributed by atoms with Crippen LogP contribution in [0.4, 0.5) is 0 Å². The number of amides is 1. The van der Waals surface area contributed by atoms with Crippen molar-refractivity contribution in [2.45, 2.75) is 51.1 Å². The smallest absolute Gasteiger partial charge is 0.266 e. The number of ether oxygens (including phenoxy) is 1. The maximum absolute atomic E-state index is 13.2. The zero-order valence-electron chi connectivity index (χ0n) is 18.7. The monoisotopic (exact) mass is 473 g/mol. The number of hydrogen-bond donors (Lipinski definition) is 0. The number of aromatic nitrogens is 1. The summed E-state index contributed by atoms with van der Waals surface area (Å²) in [5.74, 6) is 0.161. The lowest BCUT2D eigenvalue weighted by Gasteiger charge is -2.21. The predicted molar refractivity (Wildman–Crippen MR) is 125 cm³/mol. The number of fused-ring (bicyclic) bond motifs is 1. The summed E-state index contributed by atoms with van der Waals surface area (Å²) in [4.78, 5) is 18.3. The number of hydrogen-bond acceptors (Lipinski definition) is 5. The van der Waals surface area contributed by atoms with E-state index in [2.05, 4.69) is 31.0 Å². The van der Waals surface area contributed by atoms with Gasteiger partial charge in [0.2, 0.25) is 10.0 Å². The first-order valence-corrected chi connectivity index (χ1v) is 12.9. The minimum atomic E-state index is -3.81. The first kappa shape index (κ1) is 22.7. The molecular formula is C23H27N3O4S2. The molecular weight excluding hydrogens is 446 g/mol. The summed E-state index contributed by atoms with van der Waals surface area (Å²) in [6.45, 7) is 7.12. The minimum Gasteiger partial charge on any atom is -0.497 e. The topological polar surface area (TPSA) is 81.0 Å². The van der Waals surface area contributed by atoms with Gasteiger partial charge in [0, 0.05) is 13.1 Å². The molecule has 0 N–H and O–H groups in total. The van der Waals surface area contributed by atoms with Gasteiger partial charge >= 0.3 is 0 Å². The number of benzene rings is 2. The Balaban J connectivity index is 1.70. The largest absolute Gasteiger partial charge is 0.497 e. The van der Waals surface area contributed by atoms with Gasteiger partial charge < -0.3 is 9.30 Å². The van der Waals surface area contributed by atoms with E-state index in [0.29, 0.717) is 36.5 Å². The molecule has 1 aliphatic heterocycles. The van der Waals surface area contributed by atoms with Crippen LogP contribution >= 0.6 is 11.3 Å². The van der Waals surface area contributed by atoms with E-state index in [-0.39, 0.29) is 4.90 Å². The fourth-order valence-electron chi connectivity index (χ4n) is 4.04. The molecule has 1 atom stereocenters. The van der Waals surface area contributed by atoms with Crippen LogP contribution in [0, 0.1) is 13.8 Å². The fraction of sp³-hybridized carbons (Fsp3) is 0.391. The van der Waals surface area contributed by atoms with Gasteiger partial charge in [-0.3, -0.25) is 4.79 Å². The normalized spacial score (nSPS) is 17.9. The molecule has 7 nitrogen and oxygen atoms in total. The van der Waals surface area contributed by atoms with Crippen LogP contribution in [0.15, 0.2) is 46.3 Å². The van der Waals surface area contributed by atoms with E-state index in [0.717, 1.165) is 10.2 Å². The lowest BCUT2D eigenvalue weighted by atomic mass is 10.1. The minimum absolute atomic E-state index is 0.148. The van der Waals surface area contributed by atoms with E-state index in [1.165, 1.54) is 46.0 Å². The van der Waals surface area contributed by atoms with Crippen molar-refractivity contribution in [3.8, 4) is 5.75 Å². The Morgan fingerprint density at radius 3 is 2.53 bits per heavy atom. The molecule has 2 heterocycles. The van der Waals surface area contributed by atoms with E-state index in [9.17, 15) is 13.2 Å². The standard InChI is InChI=1S/C23H27N3O4S2/c1-5-25-20-13-15(2)16(3)14-21(20)31-23(25)24-22(27)19-7-6-12-26(19)32(28,29)18-10-8-17(30-4)9-11-18/h8-11,13-14,19H,5-7,12H2,1-4H3. The predicted octanol–water partition coefficient (Wildman–Crippen LogP) is 3.63. The third-order valence-electron chi connectivity index (χ3n) is 5.98. The number of aryl methyl sites for hydroxylation is 3. The Kier molecular flexibility index (Phi) is 6.24. The molecule has 4 rings (SSSR count). The number of sulfonamides is 1. The molecule has 0 bridgehead atoms. The van der Waals surface area contributed by atoms with Gasteiger partial charge in [0.05, 0.1) is 22.2 Å². The zero-order chi connectivity index (χ0) is 23.0. The second kappa shape index (κ2) is 8.80. The molecule has 1 unspecified atom stereocenters. The van der Waals surface area contributed by atoms with Crippen LogP contribution in [0.2, 0.25) is 0 Å². The first-order valence-electron chi connectivity index (χ1n) is 10.6. The third-order valence-corrected chi connectivity index (χ3v) is 8.94. The molecule has 1 amide bonds. The van der Waals surface area contributed by atoms with Crippen molar-refractivity contribution in [3.05, 3.63) is 52.3 Å². The summed E-state index contributed by atoms with van der Waals surface area (Å²) in [5, 5.41) is 0. The molecule has 2 aromatic carbocycles. The number of carbonyl (C=O) groups excluding carboxylic acids is 1. The number of methoxy groups -OCH3 is 1. The van der Waals surface area contributed by atoms with Crippen molar-refractivity contribution in [2.75, 3.05) is 13.7 Å². The lowest BCUT2D eigenvalue weighted by Crippen LogP contribution is -2.40. The average molecular weight is 474 g/mol. The van der Waals surface area contributed by atoms with Gasteiger partial charge in [0.25, 0.3) is 5.91 Å². The SMILES string of the molecule is CCn1c(=NC(=O)C2CCCN2S(=O)(=O)c2ccc(OC)cc2)sc2cc(C)c(C)cc21. The number of nitrogens with zero attached hydrogens (tertiary/aromatic N) is 3. The van der Waals surface area contributed by atoms with Crippen molar-refractivity contribution >= 4 is 37.5 Å². The molecule has 1 saturated heterocycles. The summed E-state index contributed by atoms with van der Waals surface area (Å²) < 4.78 is 35.9. The van der Waals surface area contributed by atoms with Gasteiger partial charge in [-0.05, 0) is 81.1 Å². The van der Waals surface area contributed by atoms with E-state index in [1.54, 1.807) is 12.1 Å². The summed E-state index contributed by atoms with van der Waals surface area (Å²) >= 11 is 1.46. The van der Waals surface area contributed by atoms with Crippen molar-refractivity contribution in [3.63, 3.8) is 0 Å². The average Bonchev–Trinajstić information content (AvgIpc) is 3.39. The summed E-state index contributed by atoms with van der Waals surface area (Å²) in [5.41, 5.74) is 3.41. The van der Waals surface area contributed by atoms with E-state index >= 15 is 0 Å². The molecule has 1 aromatic heterocycles. The summed E-state index contributed by atoms with van der Waals surface area (Å²) in [6, 6.07) is 9.66. The van der Waals surface area contributed by atoms with Gasteiger partial charge in [0.15, 0.2) is 4.80 Å². The molecule has 1 aliphatic rings. The Morgan fingerprint density at radius 2 is 1.88 bits per heavy atom. The number of rotatable bonds is 5. The Labute approximate surface area is 192 Å². The highest BCUT2D eigenvalue weighted by Crippen LogP contribution is 2.28. The maximum Gasteiger partial charge on any atom is 0.266 e. The van der Waals surface area contributed by atoms with Crippen molar-refractivity contribution in [2.24, 2.45) is 4.99 Å². The van der Waals surface area contributed by atoms with Gasteiger partial charge in [-0.2, -0.15) is 9.30 Å². The van der Waals surface area contributed by atoms with Gasteiger partial charge in [0.1, 0.15) is 11.8 Å². The van der Waals surface area contributed by atoms with Gasteiger partial charge in [-0.1, -0.05) is 11.3 Å². The Bertz CT molecular complexity index is 1340. The fourth-order valence-corrected chi connectivity index (χ4v) is 6.87. The molecule has 3 aromatic rings. The second-order valence-corrected chi connectivity index (χ2v) is 10.8. The van der Waals surface area contributed by atoms with E-state index in [4.69, 9.17) is 4.74 Å². The van der Waals surface area contributed by atoms with Crippen LogP contribution in [0.5, 0.6) is 5.75 Å². The molecule has 0 radical (unpaired) electrons. The van der Waals surface area contributed by atoms with Crippen molar-refractivity contribution < 1.29 is 17.9 Å². The van der Waals surface area contributed by atoms with Crippen molar-refractivity contribution in [1.82, 2.24) is 8.87 Å². The third kappa shape index (κ3) is 4.00. The molecule has 32 heavy (non-hydrogen) atoms.